The van der Waals surface area contributed by atoms with Crippen LogP contribution in [-0.2, 0) is 0 Å². The first-order chi connectivity index (χ1) is 9.60. The molecule has 2 aromatic carbocycles. The Morgan fingerprint density at radius 2 is 2.10 bits per heavy atom. The highest BCUT2D eigenvalue weighted by molar-refractivity contribution is 9.10. The van der Waals surface area contributed by atoms with E-state index < -0.39 is 0 Å². The standard InChI is InChI=1S/C15H14BrN3O/c1-8-10(4-3-5-12(8)17)15-18-13-7-9(20-2)6-11(16)14(13)19-15/h3-7H,17H2,1-2H3,(H,18,19). The Balaban J connectivity index is 2.23. The van der Waals surface area contributed by atoms with Crippen molar-refractivity contribution in [3.8, 4) is 17.1 Å². The number of methoxy groups -OCH3 is 1. The van der Waals surface area contributed by atoms with E-state index in [1.165, 1.54) is 0 Å². The molecular weight excluding hydrogens is 318 g/mol. The molecule has 0 bridgehead atoms. The van der Waals surface area contributed by atoms with Crippen LogP contribution in [0.5, 0.6) is 5.75 Å². The molecule has 1 aromatic heterocycles. The number of halogens is 1. The fraction of sp³-hybridized carbons (Fsp3) is 0.133. The predicted molar refractivity (Wildman–Crippen MR) is 84.9 cm³/mol. The molecule has 3 rings (SSSR count). The van der Waals surface area contributed by atoms with Gasteiger partial charge in [0.2, 0.25) is 0 Å². The second kappa shape index (κ2) is 4.83. The molecule has 4 nitrogen and oxygen atoms in total. The normalized spacial score (nSPS) is 10.9. The summed E-state index contributed by atoms with van der Waals surface area (Å²) in [6, 6.07) is 9.66. The molecule has 20 heavy (non-hydrogen) atoms. The third-order valence-corrected chi connectivity index (χ3v) is 3.98. The summed E-state index contributed by atoms with van der Waals surface area (Å²) < 4.78 is 6.16. The maximum absolute atomic E-state index is 5.96. The number of rotatable bonds is 2. The van der Waals surface area contributed by atoms with Crippen molar-refractivity contribution < 1.29 is 4.74 Å². The monoisotopic (exact) mass is 331 g/mol. The molecule has 0 spiro atoms. The zero-order valence-electron chi connectivity index (χ0n) is 11.2. The average Bonchev–Trinajstić information content (AvgIpc) is 2.86. The maximum Gasteiger partial charge on any atom is 0.138 e. The van der Waals surface area contributed by atoms with E-state index in [0.29, 0.717) is 0 Å². The highest BCUT2D eigenvalue weighted by Crippen LogP contribution is 2.32. The number of aromatic nitrogens is 2. The third kappa shape index (κ3) is 2.04. The molecule has 0 aliphatic heterocycles. The number of benzene rings is 2. The zero-order valence-corrected chi connectivity index (χ0v) is 12.8. The number of nitrogens with two attached hydrogens (primary N) is 1. The maximum atomic E-state index is 5.96. The van der Waals surface area contributed by atoms with E-state index >= 15 is 0 Å². The number of ether oxygens (including phenoxy) is 1. The van der Waals surface area contributed by atoms with Gasteiger partial charge in [-0.2, -0.15) is 0 Å². The number of nitrogen functional groups attached to an aromatic ring is 1. The molecule has 0 unspecified atom stereocenters. The SMILES string of the molecule is COc1cc(Br)c2nc(-c3cccc(N)c3C)[nH]c2c1. The topological polar surface area (TPSA) is 63.9 Å². The fourth-order valence-corrected chi connectivity index (χ4v) is 2.73. The van der Waals surface area contributed by atoms with Gasteiger partial charge < -0.3 is 15.5 Å². The quantitative estimate of drug-likeness (QED) is 0.700. The van der Waals surface area contributed by atoms with Gasteiger partial charge in [0.25, 0.3) is 0 Å². The number of anilines is 1. The molecule has 0 saturated heterocycles. The average molecular weight is 332 g/mol. The van der Waals surface area contributed by atoms with Crippen molar-refractivity contribution in [3.63, 3.8) is 0 Å². The molecule has 5 heteroatoms. The Morgan fingerprint density at radius 3 is 2.85 bits per heavy atom. The molecule has 3 N–H and O–H groups in total. The van der Waals surface area contributed by atoms with Crippen LogP contribution in [-0.4, -0.2) is 17.1 Å². The van der Waals surface area contributed by atoms with Crippen molar-refractivity contribution in [3.05, 3.63) is 40.4 Å². The molecule has 0 atom stereocenters. The molecule has 0 fully saturated rings. The molecule has 102 valence electrons. The van der Waals surface area contributed by atoms with Crippen molar-refractivity contribution in [2.75, 3.05) is 12.8 Å². The second-order valence-electron chi connectivity index (χ2n) is 4.61. The van der Waals surface area contributed by atoms with Crippen LogP contribution in [0, 0.1) is 6.92 Å². The molecule has 0 saturated carbocycles. The van der Waals surface area contributed by atoms with Gasteiger partial charge in [-0.25, -0.2) is 4.98 Å². The summed E-state index contributed by atoms with van der Waals surface area (Å²) in [5, 5.41) is 0. The highest BCUT2D eigenvalue weighted by Gasteiger charge is 2.12. The predicted octanol–water partition coefficient (Wildman–Crippen LogP) is 3.89. The van der Waals surface area contributed by atoms with Crippen LogP contribution in [0.3, 0.4) is 0 Å². The number of imidazole rings is 1. The first-order valence-electron chi connectivity index (χ1n) is 6.19. The minimum Gasteiger partial charge on any atom is -0.497 e. The van der Waals surface area contributed by atoms with E-state index in [2.05, 4.69) is 25.9 Å². The number of hydrogen-bond acceptors (Lipinski definition) is 3. The lowest BCUT2D eigenvalue weighted by Gasteiger charge is -2.04. The van der Waals surface area contributed by atoms with Gasteiger partial charge in [-0.1, -0.05) is 12.1 Å². The number of hydrogen-bond donors (Lipinski definition) is 2. The minimum absolute atomic E-state index is 0.764. The highest BCUT2D eigenvalue weighted by atomic mass is 79.9. The first kappa shape index (κ1) is 13.0. The van der Waals surface area contributed by atoms with Crippen molar-refractivity contribution >= 4 is 32.7 Å². The lowest BCUT2D eigenvalue weighted by Crippen LogP contribution is -1.92. The summed E-state index contributed by atoms with van der Waals surface area (Å²) >= 11 is 3.52. The fourth-order valence-electron chi connectivity index (χ4n) is 2.21. The molecular formula is C15H14BrN3O. The zero-order chi connectivity index (χ0) is 14.3. The van der Waals surface area contributed by atoms with Crippen molar-refractivity contribution in [2.45, 2.75) is 6.92 Å². The van der Waals surface area contributed by atoms with E-state index in [1.54, 1.807) is 7.11 Å². The Labute approximate surface area is 125 Å². The Bertz CT molecular complexity index is 795. The van der Waals surface area contributed by atoms with E-state index in [1.807, 2.05) is 37.3 Å². The van der Waals surface area contributed by atoms with E-state index in [-0.39, 0.29) is 0 Å². The second-order valence-corrected chi connectivity index (χ2v) is 5.46. The summed E-state index contributed by atoms with van der Waals surface area (Å²) in [5.74, 6) is 1.59. The van der Waals surface area contributed by atoms with Crippen LogP contribution < -0.4 is 10.5 Å². The molecule has 0 aliphatic carbocycles. The third-order valence-electron chi connectivity index (χ3n) is 3.38. The number of nitrogens with one attached hydrogen (secondary N) is 1. The van der Waals surface area contributed by atoms with E-state index in [9.17, 15) is 0 Å². The van der Waals surface area contributed by atoms with Crippen molar-refractivity contribution in [1.29, 1.82) is 0 Å². The number of nitrogens with zero attached hydrogens (tertiary/aromatic N) is 1. The van der Waals surface area contributed by atoms with Gasteiger partial charge in [0.15, 0.2) is 0 Å². The Morgan fingerprint density at radius 1 is 1.30 bits per heavy atom. The van der Waals surface area contributed by atoms with Crippen LogP contribution in [0.1, 0.15) is 5.56 Å². The summed E-state index contributed by atoms with van der Waals surface area (Å²) in [6.07, 6.45) is 0. The van der Waals surface area contributed by atoms with Crippen LogP contribution in [0.15, 0.2) is 34.8 Å². The summed E-state index contributed by atoms with van der Waals surface area (Å²) in [5.41, 5.74) is 10.6. The molecule has 0 aliphatic rings. The van der Waals surface area contributed by atoms with Crippen LogP contribution in [0.25, 0.3) is 22.4 Å². The van der Waals surface area contributed by atoms with Crippen LogP contribution >= 0.6 is 15.9 Å². The number of H-pyrrole nitrogens is 1. The van der Waals surface area contributed by atoms with Gasteiger partial charge in [-0.3, -0.25) is 0 Å². The number of aromatic amines is 1. The van der Waals surface area contributed by atoms with Crippen LogP contribution in [0.2, 0.25) is 0 Å². The van der Waals surface area contributed by atoms with Gasteiger partial charge >= 0.3 is 0 Å². The Hall–Kier alpha value is -2.01. The van der Waals surface area contributed by atoms with Gasteiger partial charge in [-0.05, 0) is 40.5 Å². The lowest BCUT2D eigenvalue weighted by molar-refractivity contribution is 0.415. The molecule has 3 aromatic rings. The van der Waals surface area contributed by atoms with E-state index in [0.717, 1.165) is 43.9 Å². The van der Waals surface area contributed by atoms with Gasteiger partial charge in [-0.15, -0.1) is 0 Å². The summed E-state index contributed by atoms with van der Waals surface area (Å²) in [7, 11) is 1.65. The molecule has 0 amide bonds. The van der Waals surface area contributed by atoms with E-state index in [4.69, 9.17) is 10.5 Å². The van der Waals surface area contributed by atoms with Gasteiger partial charge in [0, 0.05) is 21.8 Å². The molecule has 1 heterocycles. The summed E-state index contributed by atoms with van der Waals surface area (Å²) in [4.78, 5) is 7.97. The largest absolute Gasteiger partial charge is 0.497 e. The lowest BCUT2D eigenvalue weighted by atomic mass is 10.1. The van der Waals surface area contributed by atoms with Gasteiger partial charge in [0.05, 0.1) is 12.6 Å². The van der Waals surface area contributed by atoms with Gasteiger partial charge in [0.1, 0.15) is 17.1 Å². The number of fused-ring (bicyclic) bond motifs is 1. The van der Waals surface area contributed by atoms with Crippen LogP contribution in [0.4, 0.5) is 5.69 Å². The summed E-state index contributed by atoms with van der Waals surface area (Å²) in [6.45, 7) is 1.99. The minimum atomic E-state index is 0.764. The smallest absolute Gasteiger partial charge is 0.138 e. The van der Waals surface area contributed by atoms with Crippen molar-refractivity contribution in [2.24, 2.45) is 0 Å². The Kier molecular flexibility index (Phi) is 3.14. The van der Waals surface area contributed by atoms with Crippen molar-refractivity contribution in [1.82, 2.24) is 9.97 Å². The first-order valence-corrected chi connectivity index (χ1v) is 6.98. The molecule has 0 radical (unpaired) electrons.